The Morgan fingerprint density at radius 1 is 1.05 bits per heavy atom. The number of alkyl carbamates (subject to hydrolysis) is 1. The molecule has 0 radical (unpaired) electrons. The predicted molar refractivity (Wildman–Crippen MR) is 146 cm³/mol. The van der Waals surface area contributed by atoms with Gasteiger partial charge in [0.05, 0.1) is 0 Å². The SMILES string of the molecule is C=CCN1C(=O)[C@H](CCCNC(=O)OCc2ccccc2)NC(=O)C12CCN(CCc1ccccc1)CC2. The van der Waals surface area contributed by atoms with E-state index < -0.39 is 17.7 Å². The lowest BCUT2D eigenvalue weighted by molar-refractivity contribution is -0.160. The quantitative estimate of drug-likeness (QED) is 0.352. The van der Waals surface area contributed by atoms with Crippen molar-refractivity contribution >= 4 is 17.9 Å². The van der Waals surface area contributed by atoms with Gasteiger partial charge >= 0.3 is 6.09 Å². The number of ether oxygens (including phenoxy) is 1. The maximum atomic E-state index is 13.5. The Bertz CT molecular complexity index is 1080. The van der Waals surface area contributed by atoms with Crippen LogP contribution in [0, 0.1) is 0 Å². The van der Waals surface area contributed by atoms with Crippen LogP contribution in [0.5, 0.6) is 0 Å². The van der Waals surface area contributed by atoms with E-state index in [2.05, 4.69) is 46.4 Å². The average Bonchev–Trinajstić information content (AvgIpc) is 2.95. The van der Waals surface area contributed by atoms with E-state index in [-0.39, 0.29) is 18.4 Å². The van der Waals surface area contributed by atoms with Crippen LogP contribution in [0.3, 0.4) is 0 Å². The molecule has 2 aliphatic rings. The standard InChI is InChI=1S/C30H38N4O4/c1-2-19-34-27(35)26(14-9-18-31-29(37)38-23-25-12-7-4-8-13-25)32-28(36)30(34)16-21-33(22-17-30)20-15-24-10-5-3-6-11-24/h2-8,10-13,26H,1,9,14-23H2,(H,31,37)(H,32,36)/t26-/m0/s1. The smallest absolute Gasteiger partial charge is 0.407 e. The first-order valence-electron chi connectivity index (χ1n) is 13.5. The number of likely N-dealkylation sites (tertiary alicyclic amines) is 1. The van der Waals surface area contributed by atoms with Gasteiger partial charge in [0, 0.05) is 32.7 Å². The minimum absolute atomic E-state index is 0.0751. The van der Waals surface area contributed by atoms with Gasteiger partial charge < -0.3 is 25.2 Å². The number of piperazine rings is 1. The third-order valence-electron chi connectivity index (χ3n) is 7.51. The molecule has 8 heteroatoms. The maximum absolute atomic E-state index is 13.5. The molecule has 8 nitrogen and oxygen atoms in total. The summed E-state index contributed by atoms with van der Waals surface area (Å²) in [5.74, 6) is -0.157. The van der Waals surface area contributed by atoms with Gasteiger partial charge in [0.1, 0.15) is 18.2 Å². The molecule has 38 heavy (non-hydrogen) atoms. The number of rotatable bonds is 11. The van der Waals surface area contributed by atoms with E-state index in [4.69, 9.17) is 4.74 Å². The van der Waals surface area contributed by atoms with Crippen molar-refractivity contribution < 1.29 is 19.1 Å². The Morgan fingerprint density at radius 2 is 1.71 bits per heavy atom. The number of amides is 3. The third-order valence-corrected chi connectivity index (χ3v) is 7.51. The predicted octanol–water partition coefficient (Wildman–Crippen LogP) is 3.28. The highest BCUT2D eigenvalue weighted by molar-refractivity contribution is 6.00. The fourth-order valence-corrected chi connectivity index (χ4v) is 5.31. The van der Waals surface area contributed by atoms with Crippen LogP contribution in [-0.4, -0.2) is 72.0 Å². The van der Waals surface area contributed by atoms with Crippen LogP contribution in [0.4, 0.5) is 4.79 Å². The first-order valence-corrected chi connectivity index (χ1v) is 13.5. The van der Waals surface area contributed by atoms with Gasteiger partial charge in [-0.25, -0.2) is 4.79 Å². The highest BCUT2D eigenvalue weighted by Crippen LogP contribution is 2.33. The summed E-state index contributed by atoms with van der Waals surface area (Å²) in [6, 6.07) is 19.2. The summed E-state index contributed by atoms with van der Waals surface area (Å²) in [5.41, 5.74) is 1.38. The molecule has 1 spiro atoms. The Kier molecular flexibility index (Phi) is 9.54. The van der Waals surface area contributed by atoms with Crippen LogP contribution >= 0.6 is 0 Å². The van der Waals surface area contributed by atoms with E-state index in [1.807, 2.05) is 36.4 Å². The van der Waals surface area contributed by atoms with Gasteiger partial charge in [-0.3, -0.25) is 9.59 Å². The first-order chi connectivity index (χ1) is 18.5. The molecule has 0 saturated carbocycles. The van der Waals surface area contributed by atoms with Crippen molar-refractivity contribution in [2.24, 2.45) is 0 Å². The summed E-state index contributed by atoms with van der Waals surface area (Å²) in [6.45, 7) is 7.19. The number of benzene rings is 2. The number of hydrogen-bond donors (Lipinski definition) is 2. The molecule has 3 amide bonds. The monoisotopic (exact) mass is 518 g/mol. The Labute approximate surface area is 225 Å². The maximum Gasteiger partial charge on any atom is 0.407 e. The van der Waals surface area contributed by atoms with Gasteiger partial charge in [-0.05, 0) is 43.2 Å². The van der Waals surface area contributed by atoms with E-state index in [1.54, 1.807) is 11.0 Å². The van der Waals surface area contributed by atoms with Crippen molar-refractivity contribution in [2.45, 2.75) is 50.3 Å². The molecule has 0 aromatic heterocycles. The molecule has 0 aliphatic carbocycles. The minimum atomic E-state index is -0.829. The molecule has 202 valence electrons. The molecule has 2 aromatic carbocycles. The molecule has 0 unspecified atom stereocenters. The molecule has 2 saturated heterocycles. The molecule has 0 bridgehead atoms. The lowest BCUT2D eigenvalue weighted by Gasteiger charge is -2.51. The van der Waals surface area contributed by atoms with E-state index in [1.165, 1.54) is 5.56 Å². The van der Waals surface area contributed by atoms with Gasteiger partial charge in [-0.15, -0.1) is 6.58 Å². The van der Waals surface area contributed by atoms with E-state index in [9.17, 15) is 14.4 Å². The van der Waals surface area contributed by atoms with Gasteiger partial charge in [-0.1, -0.05) is 66.7 Å². The number of nitrogens with zero attached hydrogens (tertiary/aromatic N) is 2. The zero-order valence-electron chi connectivity index (χ0n) is 21.9. The highest BCUT2D eigenvalue weighted by atomic mass is 16.5. The van der Waals surface area contributed by atoms with Crippen molar-refractivity contribution in [3.8, 4) is 0 Å². The molecule has 2 aromatic rings. The molecular formula is C30H38N4O4. The van der Waals surface area contributed by atoms with Crippen molar-refractivity contribution in [3.05, 3.63) is 84.4 Å². The minimum Gasteiger partial charge on any atom is -0.445 e. The van der Waals surface area contributed by atoms with E-state index in [0.29, 0.717) is 38.8 Å². The van der Waals surface area contributed by atoms with Crippen molar-refractivity contribution in [2.75, 3.05) is 32.7 Å². The summed E-state index contributed by atoms with van der Waals surface area (Å²) >= 11 is 0. The van der Waals surface area contributed by atoms with E-state index >= 15 is 0 Å². The Balaban J connectivity index is 1.24. The summed E-state index contributed by atoms with van der Waals surface area (Å²) in [4.78, 5) is 43.0. The van der Waals surface area contributed by atoms with Gasteiger partial charge in [-0.2, -0.15) is 0 Å². The zero-order valence-corrected chi connectivity index (χ0v) is 21.9. The van der Waals surface area contributed by atoms with Crippen molar-refractivity contribution in [3.63, 3.8) is 0 Å². The van der Waals surface area contributed by atoms with Gasteiger partial charge in [0.2, 0.25) is 11.8 Å². The first kappa shape index (κ1) is 27.4. The molecule has 1 atom stereocenters. The normalized spacial score (nSPS) is 19.2. The Morgan fingerprint density at radius 3 is 2.37 bits per heavy atom. The highest BCUT2D eigenvalue weighted by Gasteiger charge is 2.52. The summed E-state index contributed by atoms with van der Waals surface area (Å²) in [5, 5.41) is 5.72. The second kappa shape index (κ2) is 13.2. The zero-order chi connectivity index (χ0) is 26.8. The Hall–Kier alpha value is -3.65. The lowest BCUT2D eigenvalue weighted by atomic mass is 9.81. The molecule has 2 heterocycles. The molecule has 2 N–H and O–H groups in total. The number of piperidine rings is 1. The van der Waals surface area contributed by atoms with Gasteiger partial charge in [0.25, 0.3) is 0 Å². The number of carbonyl (C=O) groups excluding carboxylic acids is 3. The lowest BCUT2D eigenvalue weighted by Crippen LogP contribution is -2.72. The largest absolute Gasteiger partial charge is 0.445 e. The van der Waals surface area contributed by atoms with E-state index in [0.717, 1.165) is 31.6 Å². The fraction of sp³-hybridized carbons (Fsp3) is 0.433. The molecule has 2 fully saturated rings. The third kappa shape index (κ3) is 6.81. The van der Waals surface area contributed by atoms with Crippen LogP contribution in [0.25, 0.3) is 0 Å². The second-order valence-corrected chi connectivity index (χ2v) is 10.0. The van der Waals surface area contributed by atoms with Gasteiger partial charge in [0.15, 0.2) is 0 Å². The average molecular weight is 519 g/mol. The number of nitrogens with one attached hydrogen (secondary N) is 2. The fourth-order valence-electron chi connectivity index (χ4n) is 5.31. The van der Waals surface area contributed by atoms with Crippen molar-refractivity contribution in [1.82, 2.24) is 20.4 Å². The van der Waals surface area contributed by atoms with Crippen LogP contribution in [-0.2, 0) is 27.4 Å². The molecular weight excluding hydrogens is 480 g/mol. The number of carbonyl (C=O) groups is 3. The molecule has 2 aliphatic heterocycles. The van der Waals surface area contributed by atoms with Crippen LogP contribution in [0.15, 0.2) is 73.3 Å². The summed E-state index contributed by atoms with van der Waals surface area (Å²) < 4.78 is 5.22. The molecule has 4 rings (SSSR count). The topological polar surface area (TPSA) is 91.0 Å². The van der Waals surface area contributed by atoms with Crippen LogP contribution in [0.1, 0.15) is 36.8 Å². The summed E-state index contributed by atoms with van der Waals surface area (Å²) in [6.07, 6.45) is 4.35. The van der Waals surface area contributed by atoms with Crippen LogP contribution < -0.4 is 10.6 Å². The second-order valence-electron chi connectivity index (χ2n) is 10.0. The number of hydrogen-bond acceptors (Lipinski definition) is 5. The summed E-state index contributed by atoms with van der Waals surface area (Å²) in [7, 11) is 0. The van der Waals surface area contributed by atoms with Crippen molar-refractivity contribution in [1.29, 1.82) is 0 Å². The van der Waals surface area contributed by atoms with Crippen LogP contribution in [0.2, 0.25) is 0 Å².